The van der Waals surface area contributed by atoms with Crippen LogP contribution in [0.1, 0.15) is 65.1 Å². The predicted octanol–water partition coefficient (Wildman–Crippen LogP) is 6.98. The number of carbonyl (C=O) groups excluding carboxylic acids is 1. The maximum absolute atomic E-state index is 12.8. The number of thiophene rings is 1. The number of fused-ring (bicyclic) bond motifs is 1. The van der Waals surface area contributed by atoms with Crippen LogP contribution in [0.3, 0.4) is 0 Å². The van der Waals surface area contributed by atoms with Crippen LogP contribution < -0.4 is 5.32 Å². The maximum atomic E-state index is 12.8. The minimum Gasteiger partial charge on any atom is -0.481 e. The molecule has 2 heterocycles. The zero-order chi connectivity index (χ0) is 25.2. The minimum absolute atomic E-state index is 0.144. The van der Waals surface area contributed by atoms with Gasteiger partial charge in [0, 0.05) is 23.2 Å². The second kappa shape index (κ2) is 10.2. The number of benzene rings is 2. The molecule has 1 aliphatic carbocycles. The molecule has 7 heteroatoms. The molecule has 1 amide bonds. The molecule has 0 atom stereocenters. The Balaban J connectivity index is 1.33. The predicted molar refractivity (Wildman–Crippen MR) is 144 cm³/mol. The molecule has 6 nitrogen and oxygen atoms in total. The highest BCUT2D eigenvalue weighted by atomic mass is 32.1. The van der Waals surface area contributed by atoms with Gasteiger partial charge in [0.15, 0.2) is 0 Å². The molecule has 0 aliphatic heterocycles. The topological polar surface area (TPSA) is 92.2 Å². The summed E-state index contributed by atoms with van der Waals surface area (Å²) in [6, 6.07) is 13.4. The van der Waals surface area contributed by atoms with Crippen molar-refractivity contribution < 1.29 is 14.7 Å². The van der Waals surface area contributed by atoms with Gasteiger partial charge >= 0.3 is 5.97 Å². The van der Waals surface area contributed by atoms with Crippen LogP contribution in [0, 0.1) is 19.8 Å². The average molecular weight is 500 g/mol. The molecule has 0 bridgehead atoms. The number of nitrogens with zero attached hydrogens (tertiary/aromatic N) is 2. The largest absolute Gasteiger partial charge is 0.481 e. The highest BCUT2D eigenvalue weighted by Crippen LogP contribution is 2.42. The van der Waals surface area contributed by atoms with Gasteiger partial charge in [0.2, 0.25) is 0 Å². The molecule has 1 aliphatic rings. The van der Waals surface area contributed by atoms with Gasteiger partial charge in [-0.05, 0) is 97.7 Å². The smallest absolute Gasteiger partial charge is 0.303 e. The SMILES string of the molecule is Cc1ccc(NC(=O)c2ccc(-c3ncnc4c(C5CCC(CC(=O)O)CC5)csc34)cc2)cc1C. The van der Waals surface area contributed by atoms with Crippen LogP contribution in [0.5, 0.6) is 0 Å². The van der Waals surface area contributed by atoms with E-state index < -0.39 is 5.97 Å². The Morgan fingerprint density at radius 1 is 1.00 bits per heavy atom. The summed E-state index contributed by atoms with van der Waals surface area (Å²) in [5.74, 6) is -0.164. The Hall–Kier alpha value is -3.58. The Kier molecular flexibility index (Phi) is 6.83. The first-order valence-corrected chi connectivity index (χ1v) is 13.2. The second-order valence-electron chi connectivity index (χ2n) is 9.74. The number of carboxylic acids is 1. The van der Waals surface area contributed by atoms with Gasteiger partial charge in [0.1, 0.15) is 6.33 Å². The molecule has 0 spiro atoms. The first-order valence-electron chi connectivity index (χ1n) is 12.3. The zero-order valence-electron chi connectivity index (χ0n) is 20.5. The summed E-state index contributed by atoms with van der Waals surface area (Å²) in [6.45, 7) is 4.08. The molecule has 4 aromatic rings. The van der Waals surface area contributed by atoms with E-state index in [1.807, 2.05) is 56.3 Å². The summed E-state index contributed by atoms with van der Waals surface area (Å²) in [5.41, 5.74) is 7.76. The van der Waals surface area contributed by atoms with Crippen molar-refractivity contribution >= 4 is 39.1 Å². The molecule has 2 aromatic heterocycles. The summed E-state index contributed by atoms with van der Waals surface area (Å²) in [6.07, 6.45) is 5.75. The minimum atomic E-state index is -0.703. The van der Waals surface area contributed by atoms with Crippen molar-refractivity contribution in [3.63, 3.8) is 0 Å². The Morgan fingerprint density at radius 2 is 1.75 bits per heavy atom. The van der Waals surface area contributed by atoms with E-state index in [1.54, 1.807) is 17.7 Å². The van der Waals surface area contributed by atoms with Crippen molar-refractivity contribution in [2.24, 2.45) is 5.92 Å². The van der Waals surface area contributed by atoms with Gasteiger partial charge < -0.3 is 10.4 Å². The third kappa shape index (κ3) is 5.02. The number of aliphatic carboxylic acids is 1. The summed E-state index contributed by atoms with van der Waals surface area (Å²) < 4.78 is 1.05. The Bertz CT molecular complexity index is 1420. The molecule has 0 saturated heterocycles. The second-order valence-corrected chi connectivity index (χ2v) is 10.6. The van der Waals surface area contributed by atoms with E-state index >= 15 is 0 Å². The van der Waals surface area contributed by atoms with Gasteiger partial charge in [-0.2, -0.15) is 0 Å². The third-order valence-electron chi connectivity index (χ3n) is 7.32. The van der Waals surface area contributed by atoms with E-state index in [1.165, 1.54) is 11.1 Å². The number of hydrogen-bond acceptors (Lipinski definition) is 5. The van der Waals surface area contributed by atoms with E-state index in [0.29, 0.717) is 11.5 Å². The average Bonchev–Trinajstić information content (AvgIpc) is 3.31. The molecule has 2 N–H and O–H groups in total. The summed E-state index contributed by atoms with van der Waals surface area (Å²) >= 11 is 1.66. The third-order valence-corrected chi connectivity index (χ3v) is 8.31. The normalized spacial score (nSPS) is 17.7. The number of aromatic nitrogens is 2. The van der Waals surface area contributed by atoms with Gasteiger partial charge in [0.25, 0.3) is 5.91 Å². The van der Waals surface area contributed by atoms with Crippen molar-refractivity contribution in [3.8, 4) is 11.3 Å². The first-order chi connectivity index (χ1) is 17.4. The number of nitrogens with one attached hydrogen (secondary N) is 1. The van der Waals surface area contributed by atoms with Crippen LogP contribution in [-0.4, -0.2) is 27.0 Å². The molecule has 0 unspecified atom stereocenters. The number of rotatable bonds is 6. The lowest BCUT2D eigenvalue weighted by molar-refractivity contribution is -0.138. The fourth-order valence-electron chi connectivity index (χ4n) is 5.09. The monoisotopic (exact) mass is 499 g/mol. The lowest BCUT2D eigenvalue weighted by atomic mass is 9.78. The highest BCUT2D eigenvalue weighted by molar-refractivity contribution is 7.17. The fourth-order valence-corrected chi connectivity index (χ4v) is 6.20. The molecule has 36 heavy (non-hydrogen) atoms. The van der Waals surface area contributed by atoms with Crippen molar-refractivity contribution in [1.82, 2.24) is 9.97 Å². The van der Waals surface area contributed by atoms with Gasteiger partial charge in [-0.15, -0.1) is 11.3 Å². The number of aryl methyl sites for hydroxylation is 2. The van der Waals surface area contributed by atoms with Crippen molar-refractivity contribution in [3.05, 3.63) is 76.4 Å². The van der Waals surface area contributed by atoms with Gasteiger partial charge in [-0.25, -0.2) is 9.97 Å². The zero-order valence-corrected chi connectivity index (χ0v) is 21.3. The Labute approximate surface area is 214 Å². The standard InChI is InChI=1S/C29H29N3O3S/c1-17-3-12-23(13-18(17)2)32-29(35)22-10-8-21(9-11-22)26-28-27(31-16-30-26)24(15-36-28)20-6-4-19(5-7-20)14-25(33)34/h3,8-13,15-16,19-20H,4-7,14H2,1-2H3,(H,32,35)(H,33,34). The van der Waals surface area contributed by atoms with E-state index in [9.17, 15) is 9.59 Å². The van der Waals surface area contributed by atoms with Gasteiger partial charge in [-0.1, -0.05) is 18.2 Å². The van der Waals surface area contributed by atoms with Crippen LogP contribution in [-0.2, 0) is 4.79 Å². The number of amides is 1. The summed E-state index contributed by atoms with van der Waals surface area (Å²) in [7, 11) is 0. The lowest BCUT2D eigenvalue weighted by Gasteiger charge is -2.27. The molecule has 1 fully saturated rings. The molecule has 1 saturated carbocycles. The number of carboxylic acid groups (broad SMARTS) is 1. The maximum Gasteiger partial charge on any atom is 0.303 e. The quantitative estimate of drug-likeness (QED) is 0.299. The van der Waals surface area contributed by atoms with E-state index in [-0.39, 0.29) is 18.2 Å². The van der Waals surface area contributed by atoms with Gasteiger partial charge in [0.05, 0.1) is 15.9 Å². The molecule has 0 radical (unpaired) electrons. The number of anilines is 1. The van der Waals surface area contributed by atoms with Crippen molar-refractivity contribution in [2.45, 2.75) is 51.9 Å². The van der Waals surface area contributed by atoms with E-state index in [2.05, 4.69) is 20.7 Å². The molecular weight excluding hydrogens is 470 g/mol. The van der Waals surface area contributed by atoms with E-state index in [0.717, 1.165) is 58.4 Å². The fraction of sp³-hybridized carbons (Fsp3) is 0.310. The van der Waals surface area contributed by atoms with Crippen LogP contribution >= 0.6 is 11.3 Å². The Morgan fingerprint density at radius 3 is 2.44 bits per heavy atom. The lowest BCUT2D eigenvalue weighted by Crippen LogP contribution is -2.16. The summed E-state index contributed by atoms with van der Waals surface area (Å²) in [5, 5.41) is 14.3. The summed E-state index contributed by atoms with van der Waals surface area (Å²) in [4.78, 5) is 33.0. The molecule has 2 aromatic carbocycles. The van der Waals surface area contributed by atoms with Crippen LogP contribution in [0.4, 0.5) is 5.69 Å². The first kappa shape index (κ1) is 24.1. The van der Waals surface area contributed by atoms with Crippen LogP contribution in [0.2, 0.25) is 0 Å². The van der Waals surface area contributed by atoms with Gasteiger partial charge in [-0.3, -0.25) is 9.59 Å². The van der Waals surface area contributed by atoms with Crippen molar-refractivity contribution in [2.75, 3.05) is 5.32 Å². The van der Waals surface area contributed by atoms with E-state index in [4.69, 9.17) is 5.11 Å². The molecule has 5 rings (SSSR count). The molecular formula is C29H29N3O3S. The molecule has 184 valence electrons. The number of hydrogen-bond donors (Lipinski definition) is 2. The van der Waals surface area contributed by atoms with Crippen molar-refractivity contribution in [1.29, 1.82) is 0 Å². The highest BCUT2D eigenvalue weighted by Gasteiger charge is 2.26. The van der Waals surface area contributed by atoms with Crippen LogP contribution in [0.25, 0.3) is 21.5 Å². The van der Waals surface area contributed by atoms with Crippen LogP contribution in [0.15, 0.2) is 54.2 Å². The number of carbonyl (C=O) groups is 2.